The molecule has 0 saturated heterocycles. The lowest BCUT2D eigenvalue weighted by Crippen LogP contribution is -2.29. The van der Waals surface area contributed by atoms with Crippen LogP contribution in [0.25, 0.3) is 0 Å². The molecule has 0 amide bonds. The van der Waals surface area contributed by atoms with Crippen LogP contribution in [0.1, 0.15) is 13.8 Å². The van der Waals surface area contributed by atoms with Gasteiger partial charge in [-0.25, -0.2) is 0 Å². The lowest BCUT2D eigenvalue weighted by Gasteiger charge is -2.27. The van der Waals surface area contributed by atoms with E-state index in [2.05, 4.69) is 59.1 Å². The first-order valence-corrected chi connectivity index (χ1v) is 4.86. The summed E-state index contributed by atoms with van der Waals surface area (Å²) in [7, 11) is 0. The largest absolute Gasteiger partial charge is 0.361 e. The monoisotopic (exact) mass is 215 g/mol. The molecule has 1 heterocycles. The summed E-state index contributed by atoms with van der Waals surface area (Å²) in [6.45, 7) is 5.56. The fourth-order valence-electron chi connectivity index (χ4n) is 1.09. The van der Waals surface area contributed by atoms with Gasteiger partial charge in [0.25, 0.3) is 0 Å². The molecule has 0 radical (unpaired) electrons. The second kappa shape index (κ2) is 3.96. The van der Waals surface area contributed by atoms with Gasteiger partial charge in [-0.2, -0.15) is 0 Å². The van der Waals surface area contributed by atoms with E-state index in [0.717, 1.165) is 6.54 Å². The fraction of sp³-hybridized carbons (Fsp3) is 0.556. The average Bonchev–Trinajstić information content (AvgIpc) is 1.93. The van der Waals surface area contributed by atoms with Crippen LogP contribution in [0.4, 0.5) is 0 Å². The molecule has 62 valence electrons. The van der Waals surface area contributed by atoms with Crippen molar-refractivity contribution >= 4 is 15.9 Å². The molecule has 0 spiro atoms. The van der Waals surface area contributed by atoms with Gasteiger partial charge in [-0.3, -0.25) is 0 Å². The van der Waals surface area contributed by atoms with Gasteiger partial charge in [0.15, 0.2) is 0 Å². The summed E-state index contributed by atoms with van der Waals surface area (Å²) >= 11 is 3.57. The van der Waals surface area contributed by atoms with Crippen molar-refractivity contribution in [1.29, 1.82) is 0 Å². The van der Waals surface area contributed by atoms with E-state index in [-0.39, 0.29) is 0 Å². The van der Waals surface area contributed by atoms with Crippen LogP contribution in [-0.2, 0) is 0 Å². The molecule has 11 heavy (non-hydrogen) atoms. The Bertz CT molecular complexity index is 172. The van der Waals surface area contributed by atoms with Crippen molar-refractivity contribution in [3.05, 3.63) is 24.4 Å². The standard InChI is InChI=1S/C9H14BrN/c1-8(2)7-11-6-4-3-5-9(11)10/h3-6,8-9H,7H2,1-2H3. The van der Waals surface area contributed by atoms with Crippen LogP contribution in [0.3, 0.4) is 0 Å². The fourth-order valence-corrected chi connectivity index (χ4v) is 1.57. The van der Waals surface area contributed by atoms with Crippen molar-refractivity contribution in [1.82, 2.24) is 4.90 Å². The van der Waals surface area contributed by atoms with Crippen LogP contribution in [-0.4, -0.2) is 16.4 Å². The Hall–Kier alpha value is -0.240. The average molecular weight is 216 g/mol. The Morgan fingerprint density at radius 1 is 1.45 bits per heavy atom. The molecular formula is C9H14BrN. The summed E-state index contributed by atoms with van der Waals surface area (Å²) < 4.78 is 0. The molecule has 0 aromatic heterocycles. The molecule has 0 saturated carbocycles. The number of hydrogen-bond acceptors (Lipinski definition) is 1. The molecule has 0 fully saturated rings. The molecule has 1 atom stereocenters. The van der Waals surface area contributed by atoms with Crippen LogP contribution in [0, 0.1) is 5.92 Å². The molecule has 0 N–H and O–H groups in total. The zero-order valence-electron chi connectivity index (χ0n) is 7.00. The normalized spacial score (nSPS) is 23.3. The zero-order valence-corrected chi connectivity index (χ0v) is 8.58. The highest BCUT2D eigenvalue weighted by Gasteiger charge is 2.10. The number of hydrogen-bond donors (Lipinski definition) is 0. The molecule has 2 heteroatoms. The van der Waals surface area contributed by atoms with Gasteiger partial charge in [0.05, 0.1) is 0 Å². The quantitative estimate of drug-likeness (QED) is 0.506. The molecule has 0 bridgehead atoms. The second-order valence-corrected chi connectivity index (χ2v) is 4.13. The van der Waals surface area contributed by atoms with E-state index in [1.165, 1.54) is 0 Å². The van der Waals surface area contributed by atoms with Crippen LogP contribution in [0.5, 0.6) is 0 Å². The lowest BCUT2D eigenvalue weighted by molar-refractivity contribution is 0.342. The Labute approximate surface area is 76.9 Å². The molecule has 1 aliphatic rings. The van der Waals surface area contributed by atoms with Crippen molar-refractivity contribution < 1.29 is 0 Å². The third-order valence-corrected chi connectivity index (χ3v) is 2.38. The maximum Gasteiger partial charge on any atom is 0.103 e. The van der Waals surface area contributed by atoms with Crippen molar-refractivity contribution in [2.75, 3.05) is 6.54 Å². The molecular weight excluding hydrogens is 202 g/mol. The van der Waals surface area contributed by atoms with Gasteiger partial charge < -0.3 is 4.90 Å². The Morgan fingerprint density at radius 2 is 2.18 bits per heavy atom. The predicted molar refractivity (Wildman–Crippen MR) is 52.5 cm³/mol. The highest BCUT2D eigenvalue weighted by Crippen LogP contribution is 2.15. The molecule has 0 aromatic rings. The topological polar surface area (TPSA) is 3.24 Å². The van der Waals surface area contributed by atoms with E-state index in [1.807, 2.05) is 0 Å². The van der Waals surface area contributed by atoms with Crippen LogP contribution in [0.15, 0.2) is 24.4 Å². The number of rotatable bonds is 2. The molecule has 1 nitrogen and oxygen atoms in total. The first kappa shape index (κ1) is 8.85. The van der Waals surface area contributed by atoms with E-state index < -0.39 is 0 Å². The maximum atomic E-state index is 3.57. The first-order valence-electron chi connectivity index (χ1n) is 3.95. The van der Waals surface area contributed by atoms with Gasteiger partial charge in [-0.1, -0.05) is 41.9 Å². The van der Waals surface area contributed by atoms with E-state index in [4.69, 9.17) is 0 Å². The van der Waals surface area contributed by atoms with E-state index in [0.29, 0.717) is 10.9 Å². The highest BCUT2D eigenvalue weighted by molar-refractivity contribution is 9.09. The van der Waals surface area contributed by atoms with Crippen molar-refractivity contribution in [3.8, 4) is 0 Å². The Morgan fingerprint density at radius 3 is 2.73 bits per heavy atom. The van der Waals surface area contributed by atoms with Crippen LogP contribution < -0.4 is 0 Å². The summed E-state index contributed by atoms with van der Waals surface area (Å²) in [5.41, 5.74) is 0. The number of halogens is 1. The van der Waals surface area contributed by atoms with Crippen molar-refractivity contribution in [2.45, 2.75) is 18.8 Å². The Balaban J connectivity index is 2.45. The summed E-state index contributed by atoms with van der Waals surface area (Å²) in [4.78, 5) is 2.67. The number of nitrogens with zero attached hydrogens (tertiary/aromatic N) is 1. The van der Waals surface area contributed by atoms with Crippen molar-refractivity contribution in [2.24, 2.45) is 5.92 Å². The van der Waals surface area contributed by atoms with Crippen molar-refractivity contribution in [3.63, 3.8) is 0 Å². The van der Waals surface area contributed by atoms with Gasteiger partial charge in [-0.15, -0.1) is 0 Å². The maximum absolute atomic E-state index is 3.57. The second-order valence-electron chi connectivity index (χ2n) is 3.19. The van der Waals surface area contributed by atoms with Gasteiger partial charge >= 0.3 is 0 Å². The summed E-state index contributed by atoms with van der Waals surface area (Å²) in [6, 6.07) is 0. The van der Waals surface area contributed by atoms with Gasteiger partial charge in [0.2, 0.25) is 0 Å². The number of alkyl halides is 1. The lowest BCUT2D eigenvalue weighted by atomic mass is 10.2. The van der Waals surface area contributed by atoms with E-state index >= 15 is 0 Å². The molecule has 0 aromatic carbocycles. The SMILES string of the molecule is CC(C)CN1C=CC=CC1Br. The van der Waals surface area contributed by atoms with Gasteiger partial charge in [0.1, 0.15) is 4.95 Å². The summed E-state index contributed by atoms with van der Waals surface area (Å²) in [5, 5.41) is 0. The van der Waals surface area contributed by atoms with Gasteiger partial charge in [0, 0.05) is 12.7 Å². The zero-order chi connectivity index (χ0) is 8.27. The first-order chi connectivity index (χ1) is 5.20. The minimum Gasteiger partial charge on any atom is -0.361 e. The number of allylic oxidation sites excluding steroid dienone is 2. The predicted octanol–water partition coefficient (Wildman–Crippen LogP) is 2.75. The smallest absolute Gasteiger partial charge is 0.103 e. The van der Waals surface area contributed by atoms with Crippen LogP contribution >= 0.6 is 15.9 Å². The molecule has 0 aliphatic carbocycles. The summed E-state index contributed by atoms with van der Waals surface area (Å²) in [6.07, 6.45) is 8.40. The minimum atomic E-state index is 0.384. The minimum absolute atomic E-state index is 0.384. The van der Waals surface area contributed by atoms with Gasteiger partial charge in [-0.05, 0) is 12.0 Å². The molecule has 1 aliphatic heterocycles. The van der Waals surface area contributed by atoms with Crippen LogP contribution in [0.2, 0.25) is 0 Å². The molecule has 1 unspecified atom stereocenters. The van der Waals surface area contributed by atoms with E-state index in [9.17, 15) is 0 Å². The Kier molecular flexibility index (Phi) is 3.18. The van der Waals surface area contributed by atoms with E-state index in [1.54, 1.807) is 0 Å². The molecule has 1 rings (SSSR count). The third-order valence-electron chi connectivity index (χ3n) is 1.55. The summed E-state index contributed by atoms with van der Waals surface area (Å²) in [5.74, 6) is 0.714. The third kappa shape index (κ3) is 2.70. The highest BCUT2D eigenvalue weighted by atomic mass is 79.9.